The summed E-state index contributed by atoms with van der Waals surface area (Å²) in [6.45, 7) is 1.28. The number of carbonyl (C=O) groups excluding carboxylic acids is 2. The molecule has 1 atom stereocenters. The Kier molecular flexibility index (Phi) is 6.53. The van der Waals surface area contributed by atoms with Gasteiger partial charge in [-0.1, -0.05) is 48.5 Å². The normalized spacial score (nSPS) is 12.2. The van der Waals surface area contributed by atoms with Crippen LogP contribution in [0, 0.1) is 6.92 Å². The third-order valence-electron chi connectivity index (χ3n) is 5.11. The molecule has 32 heavy (non-hydrogen) atoms. The van der Waals surface area contributed by atoms with Gasteiger partial charge in [-0.25, -0.2) is 0 Å². The average molecular weight is 442 g/mol. The summed E-state index contributed by atoms with van der Waals surface area (Å²) in [6.07, 6.45) is -4.57. The quantitative estimate of drug-likeness (QED) is 0.586. The van der Waals surface area contributed by atoms with Crippen LogP contribution in [-0.4, -0.2) is 21.8 Å². The fourth-order valence-electron chi connectivity index (χ4n) is 3.42. The van der Waals surface area contributed by atoms with E-state index < -0.39 is 29.6 Å². The van der Waals surface area contributed by atoms with Crippen LogP contribution < -0.4 is 5.73 Å². The molecule has 0 aromatic heterocycles. The first kappa shape index (κ1) is 22.9. The zero-order chi connectivity index (χ0) is 23.5. The maximum Gasteiger partial charge on any atom is 0.416 e. The monoisotopic (exact) mass is 442 g/mol. The van der Waals surface area contributed by atoms with Crippen LogP contribution in [0.25, 0.3) is 0 Å². The van der Waals surface area contributed by atoms with Crippen molar-refractivity contribution in [1.82, 2.24) is 4.90 Å². The van der Waals surface area contributed by atoms with E-state index in [0.29, 0.717) is 11.1 Å². The van der Waals surface area contributed by atoms with E-state index in [1.165, 1.54) is 30.3 Å². The van der Waals surface area contributed by atoms with E-state index in [9.17, 15) is 27.9 Å². The van der Waals surface area contributed by atoms with Gasteiger partial charge in [0, 0.05) is 6.54 Å². The summed E-state index contributed by atoms with van der Waals surface area (Å²) in [4.78, 5) is 26.9. The Labute approximate surface area is 182 Å². The van der Waals surface area contributed by atoms with Gasteiger partial charge in [0.2, 0.25) is 5.91 Å². The van der Waals surface area contributed by atoms with Gasteiger partial charge in [-0.3, -0.25) is 9.59 Å². The van der Waals surface area contributed by atoms with Crippen molar-refractivity contribution in [3.63, 3.8) is 0 Å². The summed E-state index contributed by atoms with van der Waals surface area (Å²) < 4.78 is 39.8. The number of halogens is 3. The van der Waals surface area contributed by atoms with Crippen molar-refractivity contribution in [3.05, 3.63) is 101 Å². The van der Waals surface area contributed by atoms with E-state index in [4.69, 9.17) is 5.73 Å². The predicted octanol–water partition coefficient (Wildman–Crippen LogP) is 4.59. The molecule has 0 fully saturated rings. The Morgan fingerprint density at radius 3 is 2.22 bits per heavy atom. The number of amides is 2. The molecule has 0 heterocycles. The zero-order valence-corrected chi connectivity index (χ0v) is 17.1. The number of nitrogens with two attached hydrogens (primary N) is 1. The second-order valence-electron chi connectivity index (χ2n) is 7.30. The van der Waals surface area contributed by atoms with Gasteiger partial charge in [0.1, 0.15) is 11.8 Å². The van der Waals surface area contributed by atoms with Gasteiger partial charge in [-0.15, -0.1) is 0 Å². The fraction of sp³-hybridized carbons (Fsp3) is 0.167. The second kappa shape index (κ2) is 9.13. The number of nitrogens with zero attached hydrogens (tertiary/aromatic N) is 1. The SMILES string of the molecule is Cc1ccc(C(F)(F)F)cc1CN(C(=O)c1ccccc1O)[C@@H](C(N)=O)c1ccccc1. The third-order valence-corrected chi connectivity index (χ3v) is 5.11. The summed E-state index contributed by atoms with van der Waals surface area (Å²) in [5.74, 6) is -1.92. The molecule has 3 aromatic rings. The number of para-hydroxylation sites is 1. The lowest BCUT2D eigenvalue weighted by atomic mass is 9.99. The number of hydrogen-bond donors (Lipinski definition) is 2. The number of aryl methyl sites for hydroxylation is 1. The first-order valence-electron chi connectivity index (χ1n) is 9.69. The van der Waals surface area contributed by atoms with Gasteiger partial charge in [0.25, 0.3) is 5.91 Å². The highest BCUT2D eigenvalue weighted by Crippen LogP contribution is 2.33. The van der Waals surface area contributed by atoms with Gasteiger partial charge in [0.15, 0.2) is 0 Å². The van der Waals surface area contributed by atoms with E-state index >= 15 is 0 Å². The molecular formula is C24H21F3N2O3. The number of primary amides is 1. The largest absolute Gasteiger partial charge is 0.507 e. The van der Waals surface area contributed by atoms with Crippen molar-refractivity contribution in [2.75, 3.05) is 0 Å². The molecule has 0 saturated carbocycles. The van der Waals surface area contributed by atoms with Crippen LogP contribution in [0.1, 0.15) is 38.7 Å². The molecule has 0 aliphatic carbocycles. The summed E-state index contributed by atoms with van der Waals surface area (Å²) in [5, 5.41) is 10.2. The molecule has 0 spiro atoms. The number of phenolic OH excluding ortho intramolecular Hbond substituents is 1. The first-order chi connectivity index (χ1) is 15.1. The Morgan fingerprint density at radius 2 is 1.62 bits per heavy atom. The number of rotatable bonds is 6. The van der Waals surface area contributed by atoms with Gasteiger partial charge in [-0.2, -0.15) is 13.2 Å². The first-order valence-corrected chi connectivity index (χ1v) is 9.69. The lowest BCUT2D eigenvalue weighted by Crippen LogP contribution is -2.41. The standard InChI is InChI=1S/C24H21F3N2O3/c1-15-11-12-18(24(25,26)27)13-17(15)14-29(23(32)19-9-5-6-10-20(19)30)21(22(28)31)16-7-3-2-4-8-16/h2-13,21,30H,14H2,1H3,(H2,28,31)/t21-/m1/s1. The van der Waals surface area contributed by atoms with Crippen LogP contribution in [0.2, 0.25) is 0 Å². The Hall–Kier alpha value is -3.81. The van der Waals surface area contributed by atoms with Crippen molar-refractivity contribution < 1.29 is 27.9 Å². The molecule has 3 N–H and O–H groups in total. The maximum atomic E-state index is 13.4. The van der Waals surface area contributed by atoms with Crippen molar-refractivity contribution >= 4 is 11.8 Å². The van der Waals surface area contributed by atoms with Crippen molar-refractivity contribution in [3.8, 4) is 5.75 Å². The second-order valence-corrected chi connectivity index (χ2v) is 7.30. The van der Waals surface area contributed by atoms with Gasteiger partial charge >= 0.3 is 6.18 Å². The van der Waals surface area contributed by atoms with Crippen molar-refractivity contribution in [2.45, 2.75) is 25.7 Å². The smallest absolute Gasteiger partial charge is 0.416 e. The number of benzene rings is 3. The molecule has 2 amide bonds. The van der Waals surface area contributed by atoms with Gasteiger partial charge < -0.3 is 15.7 Å². The van der Waals surface area contributed by atoms with E-state index in [2.05, 4.69) is 0 Å². The molecule has 8 heteroatoms. The van der Waals surface area contributed by atoms with Gasteiger partial charge in [-0.05, 0) is 47.9 Å². The van der Waals surface area contributed by atoms with E-state index in [1.807, 2.05) is 0 Å². The Morgan fingerprint density at radius 1 is 1.00 bits per heavy atom. The molecule has 166 valence electrons. The molecule has 3 aromatic carbocycles. The Bertz CT molecular complexity index is 1130. The maximum absolute atomic E-state index is 13.4. The third kappa shape index (κ3) is 4.91. The van der Waals surface area contributed by atoms with E-state index in [1.54, 1.807) is 37.3 Å². The summed E-state index contributed by atoms with van der Waals surface area (Å²) in [6, 6.07) is 15.9. The minimum absolute atomic E-state index is 0.0979. The van der Waals surface area contributed by atoms with Crippen LogP contribution in [0.15, 0.2) is 72.8 Å². The lowest BCUT2D eigenvalue weighted by molar-refractivity contribution is -0.137. The summed E-state index contributed by atoms with van der Waals surface area (Å²) in [7, 11) is 0. The number of phenols is 1. The minimum atomic E-state index is -4.57. The molecule has 3 rings (SSSR count). The van der Waals surface area contributed by atoms with Crippen LogP contribution in [0.5, 0.6) is 5.75 Å². The molecule has 0 aliphatic rings. The number of carbonyl (C=O) groups is 2. The number of aromatic hydroxyl groups is 1. The molecule has 0 aliphatic heterocycles. The highest BCUT2D eigenvalue weighted by atomic mass is 19.4. The van der Waals surface area contributed by atoms with Crippen molar-refractivity contribution in [1.29, 1.82) is 0 Å². The predicted molar refractivity (Wildman–Crippen MR) is 113 cm³/mol. The lowest BCUT2D eigenvalue weighted by Gasteiger charge is -2.31. The van der Waals surface area contributed by atoms with E-state index in [-0.39, 0.29) is 23.4 Å². The van der Waals surface area contributed by atoms with E-state index in [0.717, 1.165) is 17.0 Å². The molecule has 0 saturated heterocycles. The molecule has 0 radical (unpaired) electrons. The molecule has 0 unspecified atom stereocenters. The number of alkyl halides is 3. The van der Waals surface area contributed by atoms with Crippen LogP contribution in [-0.2, 0) is 17.5 Å². The average Bonchev–Trinajstić information content (AvgIpc) is 2.74. The highest BCUT2D eigenvalue weighted by molar-refractivity contribution is 5.99. The molecule has 0 bridgehead atoms. The fourth-order valence-corrected chi connectivity index (χ4v) is 3.42. The summed E-state index contributed by atoms with van der Waals surface area (Å²) in [5.41, 5.74) is 5.77. The Balaban J connectivity index is 2.14. The zero-order valence-electron chi connectivity index (χ0n) is 17.1. The minimum Gasteiger partial charge on any atom is -0.507 e. The summed E-state index contributed by atoms with van der Waals surface area (Å²) >= 11 is 0. The van der Waals surface area contributed by atoms with Gasteiger partial charge in [0.05, 0.1) is 11.1 Å². The van der Waals surface area contributed by atoms with Crippen LogP contribution in [0.4, 0.5) is 13.2 Å². The number of hydrogen-bond acceptors (Lipinski definition) is 3. The van der Waals surface area contributed by atoms with Crippen molar-refractivity contribution in [2.24, 2.45) is 5.73 Å². The molecular weight excluding hydrogens is 421 g/mol. The van der Waals surface area contributed by atoms with Crippen LogP contribution in [0.3, 0.4) is 0 Å². The molecule has 5 nitrogen and oxygen atoms in total. The highest BCUT2D eigenvalue weighted by Gasteiger charge is 2.34. The topological polar surface area (TPSA) is 83.6 Å². The van der Waals surface area contributed by atoms with Crippen LogP contribution >= 0.6 is 0 Å².